The largest absolute Gasteiger partial charge is 0.492 e. The third-order valence-corrected chi connectivity index (χ3v) is 6.51. The standard InChI is InChI=1S/C20H23FN4O3S/c1-3-15-22-20-25(23-15)18(26)17(29-20)16(13-6-4-5-7-14(13)21)24-10-8-12(9-11-24)19(27)28-2/h4-7,12,16,26H,3,8-11H2,1-2H3/t16-/m0/s1. The SMILES string of the molecule is CCc1nc2sc([C@H](c3ccccc3F)N3CCC(C(=O)OC)CC3)c(O)n2n1. The lowest BCUT2D eigenvalue weighted by Crippen LogP contribution is -2.39. The molecule has 9 heteroatoms. The summed E-state index contributed by atoms with van der Waals surface area (Å²) in [5.41, 5.74) is 0.486. The second-order valence-corrected chi connectivity index (χ2v) is 8.13. The molecule has 4 rings (SSSR count). The highest BCUT2D eigenvalue weighted by Crippen LogP contribution is 2.42. The molecule has 154 valence electrons. The molecule has 0 unspecified atom stereocenters. The van der Waals surface area contributed by atoms with E-state index in [9.17, 15) is 14.3 Å². The minimum atomic E-state index is -0.478. The van der Waals surface area contributed by atoms with Crippen LogP contribution in [-0.4, -0.2) is 50.8 Å². The molecular formula is C20H23FN4O3S. The number of rotatable bonds is 5. The summed E-state index contributed by atoms with van der Waals surface area (Å²) < 4.78 is 21.0. The van der Waals surface area contributed by atoms with E-state index in [1.807, 2.05) is 6.92 Å². The summed E-state index contributed by atoms with van der Waals surface area (Å²) in [6.07, 6.45) is 1.92. The number of aryl methyl sites for hydroxylation is 1. The Morgan fingerprint density at radius 1 is 1.38 bits per heavy atom. The molecule has 1 saturated heterocycles. The van der Waals surface area contributed by atoms with Gasteiger partial charge in [0.2, 0.25) is 10.8 Å². The van der Waals surface area contributed by atoms with Crippen molar-refractivity contribution < 1.29 is 19.0 Å². The van der Waals surface area contributed by atoms with Gasteiger partial charge in [0, 0.05) is 12.0 Å². The van der Waals surface area contributed by atoms with Crippen molar-refractivity contribution in [3.8, 4) is 5.88 Å². The molecule has 1 aromatic carbocycles. The second kappa shape index (κ2) is 8.08. The van der Waals surface area contributed by atoms with Gasteiger partial charge in [-0.25, -0.2) is 9.37 Å². The summed E-state index contributed by atoms with van der Waals surface area (Å²) in [5.74, 6) is -0.0541. The van der Waals surface area contributed by atoms with E-state index in [-0.39, 0.29) is 23.6 Å². The number of hydrogen-bond acceptors (Lipinski definition) is 7. The molecule has 3 heterocycles. The first-order valence-corrected chi connectivity index (χ1v) is 10.5. The summed E-state index contributed by atoms with van der Waals surface area (Å²) in [4.78, 5) is 19.6. The number of nitrogens with zero attached hydrogens (tertiary/aromatic N) is 4. The summed E-state index contributed by atoms with van der Waals surface area (Å²) >= 11 is 1.32. The highest BCUT2D eigenvalue weighted by Gasteiger charge is 2.35. The molecule has 0 amide bonds. The molecule has 0 aliphatic carbocycles. The van der Waals surface area contributed by atoms with Gasteiger partial charge in [-0.15, -0.1) is 5.10 Å². The molecule has 1 aliphatic rings. The van der Waals surface area contributed by atoms with Crippen LogP contribution in [0.5, 0.6) is 5.88 Å². The maximum atomic E-state index is 14.8. The topological polar surface area (TPSA) is 80.0 Å². The summed E-state index contributed by atoms with van der Waals surface area (Å²) in [6, 6.07) is 6.12. The number of piperidine rings is 1. The molecular weight excluding hydrogens is 395 g/mol. The van der Waals surface area contributed by atoms with Crippen LogP contribution in [0.4, 0.5) is 4.39 Å². The van der Waals surface area contributed by atoms with Crippen molar-refractivity contribution in [1.29, 1.82) is 0 Å². The van der Waals surface area contributed by atoms with Crippen LogP contribution in [0.3, 0.4) is 0 Å². The Bertz CT molecular complexity index is 1030. The number of carbonyl (C=O) groups excluding carboxylic acids is 1. The molecule has 7 nitrogen and oxygen atoms in total. The van der Waals surface area contributed by atoms with E-state index in [2.05, 4.69) is 15.0 Å². The lowest BCUT2D eigenvalue weighted by Gasteiger charge is -2.36. The van der Waals surface area contributed by atoms with Gasteiger partial charge in [0.05, 0.1) is 23.9 Å². The van der Waals surface area contributed by atoms with E-state index in [1.54, 1.807) is 18.2 Å². The molecule has 0 saturated carbocycles. The van der Waals surface area contributed by atoms with Crippen molar-refractivity contribution >= 4 is 22.3 Å². The third-order valence-electron chi connectivity index (χ3n) is 5.44. The predicted molar refractivity (Wildman–Crippen MR) is 106 cm³/mol. The van der Waals surface area contributed by atoms with Gasteiger partial charge in [0.1, 0.15) is 5.82 Å². The number of esters is 1. The summed E-state index contributed by atoms with van der Waals surface area (Å²) in [7, 11) is 1.40. The number of aromatic hydroxyl groups is 1. The molecule has 0 spiro atoms. The van der Waals surface area contributed by atoms with Crippen LogP contribution in [0.2, 0.25) is 0 Å². The average Bonchev–Trinajstić information content (AvgIpc) is 3.29. The summed E-state index contributed by atoms with van der Waals surface area (Å²) in [5, 5.41) is 15.2. The quantitative estimate of drug-likeness (QED) is 0.641. The normalized spacial score (nSPS) is 16.9. The van der Waals surface area contributed by atoms with Crippen molar-refractivity contribution in [3.05, 3.63) is 46.3 Å². The number of methoxy groups -OCH3 is 1. The third kappa shape index (κ3) is 3.60. The zero-order valence-electron chi connectivity index (χ0n) is 16.3. The first-order valence-electron chi connectivity index (χ1n) is 9.67. The van der Waals surface area contributed by atoms with E-state index in [4.69, 9.17) is 4.74 Å². The summed E-state index contributed by atoms with van der Waals surface area (Å²) in [6.45, 7) is 3.13. The Kier molecular flexibility index (Phi) is 5.51. The van der Waals surface area contributed by atoms with Crippen molar-refractivity contribution in [1.82, 2.24) is 19.5 Å². The second-order valence-electron chi connectivity index (χ2n) is 7.12. The highest BCUT2D eigenvalue weighted by atomic mass is 32.1. The number of likely N-dealkylation sites (tertiary alicyclic amines) is 1. The first-order chi connectivity index (χ1) is 14.0. The zero-order valence-corrected chi connectivity index (χ0v) is 17.2. The van der Waals surface area contributed by atoms with Crippen LogP contribution in [0.25, 0.3) is 4.96 Å². The number of thiazole rings is 1. The predicted octanol–water partition coefficient (Wildman–Crippen LogP) is 3.17. The molecule has 0 bridgehead atoms. The maximum Gasteiger partial charge on any atom is 0.308 e. The highest BCUT2D eigenvalue weighted by molar-refractivity contribution is 7.17. The van der Waals surface area contributed by atoms with Crippen molar-refractivity contribution in [3.63, 3.8) is 0 Å². The number of fused-ring (bicyclic) bond motifs is 1. The Labute approximate surface area is 171 Å². The molecule has 1 atom stereocenters. The Morgan fingerprint density at radius 2 is 2.10 bits per heavy atom. The van der Waals surface area contributed by atoms with Gasteiger partial charge in [-0.05, 0) is 32.0 Å². The molecule has 29 heavy (non-hydrogen) atoms. The Hall–Kier alpha value is -2.52. The number of halogens is 1. The fourth-order valence-electron chi connectivity index (χ4n) is 3.88. The number of benzene rings is 1. The number of aromatic nitrogens is 3. The van der Waals surface area contributed by atoms with E-state index < -0.39 is 6.04 Å². The van der Waals surface area contributed by atoms with Gasteiger partial charge in [0.15, 0.2) is 5.82 Å². The van der Waals surface area contributed by atoms with Crippen LogP contribution in [-0.2, 0) is 16.0 Å². The fourth-order valence-corrected chi connectivity index (χ4v) is 5.01. The van der Waals surface area contributed by atoms with Gasteiger partial charge in [-0.1, -0.05) is 36.5 Å². The van der Waals surface area contributed by atoms with Gasteiger partial charge >= 0.3 is 5.97 Å². The van der Waals surface area contributed by atoms with Crippen LogP contribution in [0.1, 0.15) is 42.1 Å². The molecule has 1 N–H and O–H groups in total. The monoisotopic (exact) mass is 418 g/mol. The fraction of sp³-hybridized carbons (Fsp3) is 0.450. The van der Waals surface area contributed by atoms with Gasteiger partial charge in [0.25, 0.3) is 0 Å². The number of carbonyl (C=O) groups is 1. The van der Waals surface area contributed by atoms with Gasteiger partial charge < -0.3 is 9.84 Å². The van der Waals surface area contributed by atoms with Crippen molar-refractivity contribution in [2.75, 3.05) is 20.2 Å². The Morgan fingerprint density at radius 3 is 2.72 bits per heavy atom. The molecule has 3 aromatic rings. The van der Waals surface area contributed by atoms with E-state index in [0.29, 0.717) is 53.6 Å². The molecule has 1 fully saturated rings. The smallest absolute Gasteiger partial charge is 0.308 e. The lowest BCUT2D eigenvalue weighted by molar-refractivity contribution is -0.147. The Balaban J connectivity index is 1.73. The van der Waals surface area contributed by atoms with Crippen LogP contribution < -0.4 is 0 Å². The minimum absolute atomic E-state index is 0.0134. The number of hydrogen-bond donors (Lipinski definition) is 1. The number of ether oxygens (including phenoxy) is 1. The molecule has 0 radical (unpaired) electrons. The average molecular weight is 418 g/mol. The van der Waals surface area contributed by atoms with Crippen molar-refractivity contribution in [2.45, 2.75) is 32.2 Å². The van der Waals surface area contributed by atoms with Crippen LogP contribution >= 0.6 is 11.3 Å². The van der Waals surface area contributed by atoms with Gasteiger partial charge in [-0.3, -0.25) is 9.69 Å². The zero-order chi connectivity index (χ0) is 20.5. The van der Waals surface area contributed by atoms with Crippen LogP contribution in [0, 0.1) is 11.7 Å². The van der Waals surface area contributed by atoms with Gasteiger partial charge in [-0.2, -0.15) is 4.52 Å². The van der Waals surface area contributed by atoms with Crippen molar-refractivity contribution in [2.24, 2.45) is 5.92 Å². The first kappa shape index (κ1) is 19.8. The minimum Gasteiger partial charge on any atom is -0.492 e. The lowest BCUT2D eigenvalue weighted by atomic mass is 9.93. The van der Waals surface area contributed by atoms with E-state index >= 15 is 0 Å². The molecule has 1 aliphatic heterocycles. The molecule has 2 aromatic heterocycles. The van der Waals surface area contributed by atoms with E-state index in [0.717, 1.165) is 0 Å². The maximum absolute atomic E-state index is 14.8. The van der Waals surface area contributed by atoms with E-state index in [1.165, 1.54) is 29.0 Å². The van der Waals surface area contributed by atoms with Crippen LogP contribution in [0.15, 0.2) is 24.3 Å².